The minimum Gasteiger partial charge on any atom is -0.443 e. The molecule has 1 saturated heterocycles. The number of ether oxygens (including phenoxy) is 2. The van der Waals surface area contributed by atoms with Crippen molar-refractivity contribution in [2.75, 3.05) is 31.7 Å². The van der Waals surface area contributed by atoms with Gasteiger partial charge in [-0.3, -0.25) is 14.4 Å². The summed E-state index contributed by atoms with van der Waals surface area (Å²) in [5, 5.41) is 7.98. The van der Waals surface area contributed by atoms with Crippen LogP contribution in [0.4, 0.5) is 23.7 Å². The van der Waals surface area contributed by atoms with Gasteiger partial charge in [0.05, 0.1) is 35.2 Å². The van der Waals surface area contributed by atoms with Gasteiger partial charge in [0.2, 0.25) is 0 Å². The first-order valence-electron chi connectivity index (χ1n) is 19.1. The Morgan fingerprint density at radius 2 is 1.84 bits per heavy atom. The van der Waals surface area contributed by atoms with Crippen molar-refractivity contribution >= 4 is 42.7 Å². The predicted molar refractivity (Wildman–Crippen MR) is 219 cm³/mol. The predicted octanol–water partition coefficient (Wildman–Crippen LogP) is 9.02. The Morgan fingerprint density at radius 1 is 1.09 bits per heavy atom. The molecule has 2 unspecified atom stereocenters. The highest BCUT2D eigenvalue weighted by molar-refractivity contribution is 6.76. The van der Waals surface area contributed by atoms with Crippen LogP contribution in [0.3, 0.4) is 0 Å². The van der Waals surface area contributed by atoms with E-state index in [1.54, 1.807) is 56.4 Å². The molecule has 0 bridgehead atoms. The third-order valence-electron chi connectivity index (χ3n) is 9.27. The number of hydrogen-bond donors (Lipinski definition) is 1. The van der Waals surface area contributed by atoms with Crippen LogP contribution in [-0.4, -0.2) is 94.8 Å². The van der Waals surface area contributed by atoms with Crippen LogP contribution in [0.1, 0.15) is 44.9 Å². The Labute approximate surface area is 329 Å². The summed E-state index contributed by atoms with van der Waals surface area (Å²) >= 11 is 0. The van der Waals surface area contributed by atoms with E-state index in [0.717, 1.165) is 17.0 Å². The molecule has 0 saturated carbocycles. The Kier molecular flexibility index (Phi) is 14.0. The van der Waals surface area contributed by atoms with Crippen LogP contribution in [0.15, 0.2) is 91.1 Å². The summed E-state index contributed by atoms with van der Waals surface area (Å²) in [5.41, 5.74) is 2.56. The van der Waals surface area contributed by atoms with Gasteiger partial charge in [-0.15, -0.1) is 0 Å². The zero-order valence-electron chi connectivity index (χ0n) is 33.3. The number of hydrogen-bond acceptors (Lipinski definition) is 7. The van der Waals surface area contributed by atoms with Crippen molar-refractivity contribution in [2.45, 2.75) is 96.5 Å². The van der Waals surface area contributed by atoms with Crippen LogP contribution >= 0.6 is 0 Å². The smallest absolute Gasteiger partial charge is 0.419 e. The summed E-state index contributed by atoms with van der Waals surface area (Å²) in [6, 6.07) is 8.72. The number of rotatable bonds is 15. The molecule has 2 aliphatic rings. The summed E-state index contributed by atoms with van der Waals surface area (Å²) in [6.07, 6.45) is 9.78. The molecule has 3 aromatic rings. The molecule has 1 amide bonds. The average molecular weight is 793 g/mol. The maximum atomic E-state index is 14.0. The van der Waals surface area contributed by atoms with Gasteiger partial charge in [0.1, 0.15) is 18.5 Å². The van der Waals surface area contributed by atoms with Crippen molar-refractivity contribution in [3.63, 3.8) is 0 Å². The topological polar surface area (TPSA) is 93.9 Å². The largest absolute Gasteiger partial charge is 0.443 e. The highest BCUT2D eigenvalue weighted by Crippen LogP contribution is 2.27. The number of nitrogens with zero attached hydrogens (tertiary/aromatic N) is 5. The van der Waals surface area contributed by atoms with Crippen LogP contribution in [0.5, 0.6) is 0 Å². The molecule has 5 rings (SSSR count). The van der Waals surface area contributed by atoms with Crippen molar-refractivity contribution in [2.24, 2.45) is 0 Å². The molecule has 3 heterocycles. The van der Waals surface area contributed by atoms with Crippen molar-refractivity contribution in [3.05, 3.63) is 102 Å². The molecule has 14 heteroatoms. The van der Waals surface area contributed by atoms with E-state index < -0.39 is 44.2 Å². The Bertz CT molecular complexity index is 1980. The standard InChI is InChI=1S/C42H55F3N6O4Si/c1-8-48(29-54-19-20-56(5,6)7)27-32(40(52)47-35-24-46-50(28-35)26-31-9-13-37(44)38(45)22-31)11-12-36-23-33-21-30(25-49-17-15-34(43)16-18-49)10-14-39(33)51(36)41(53)55-42(2,3)4/h8-14,21-24,27-28,34,37-38H,1,15-20,25-26,29H2,2-7H3,(H,47,52)/b12-11+,32-27+. The SMILES string of the molecule is C=CN(/C=C(\C=C\c1cc2cc(CN3CCC(F)CC3)ccc2n1C(=O)OC(C)(C)C)C(=O)Nc1cnn(CC2=CC(F)C(F)C=C2)c1)COCC[Si](C)(C)C. The van der Waals surface area contributed by atoms with Gasteiger partial charge in [-0.2, -0.15) is 5.10 Å². The summed E-state index contributed by atoms with van der Waals surface area (Å²) < 4.78 is 56.1. The van der Waals surface area contributed by atoms with E-state index in [0.29, 0.717) is 61.6 Å². The Morgan fingerprint density at radius 3 is 2.52 bits per heavy atom. The number of likely N-dealkylation sites (tertiary alicyclic amines) is 1. The average Bonchev–Trinajstić information content (AvgIpc) is 3.72. The van der Waals surface area contributed by atoms with Crippen molar-refractivity contribution in [1.82, 2.24) is 24.1 Å². The number of anilines is 1. The first-order chi connectivity index (χ1) is 26.5. The van der Waals surface area contributed by atoms with Gasteiger partial charge in [-0.05, 0) is 99.5 Å². The number of halogens is 3. The second-order valence-corrected chi connectivity index (χ2v) is 22.2. The van der Waals surface area contributed by atoms with Crippen LogP contribution < -0.4 is 5.32 Å². The summed E-state index contributed by atoms with van der Waals surface area (Å²) in [7, 11) is -1.33. The first-order valence-corrected chi connectivity index (χ1v) is 22.8. The molecule has 1 aliphatic heterocycles. The molecule has 0 spiro atoms. The van der Waals surface area contributed by atoms with E-state index in [-0.39, 0.29) is 18.8 Å². The lowest BCUT2D eigenvalue weighted by Gasteiger charge is -2.28. The maximum absolute atomic E-state index is 14.0. The molecule has 1 aromatic carbocycles. The molecule has 56 heavy (non-hydrogen) atoms. The molecule has 0 radical (unpaired) electrons. The fraction of sp³-hybridized carbons (Fsp3) is 0.452. The minimum atomic E-state index is -1.72. The summed E-state index contributed by atoms with van der Waals surface area (Å²) in [4.78, 5) is 31.6. The number of alkyl halides is 3. The number of carbonyl (C=O) groups excluding carboxylic acids is 2. The van der Waals surface area contributed by atoms with E-state index in [2.05, 4.69) is 41.5 Å². The van der Waals surface area contributed by atoms with E-state index in [1.807, 2.05) is 24.3 Å². The summed E-state index contributed by atoms with van der Waals surface area (Å²) in [5.74, 6) is -0.477. The van der Waals surface area contributed by atoms with E-state index in [1.165, 1.54) is 33.7 Å². The number of benzene rings is 1. The molecular formula is C42H55F3N6O4Si. The number of aromatic nitrogens is 3. The normalized spacial score (nSPS) is 18.7. The molecule has 302 valence electrons. The number of nitrogens with one attached hydrogen (secondary N) is 1. The van der Waals surface area contributed by atoms with E-state index in [9.17, 15) is 22.8 Å². The highest BCUT2D eigenvalue weighted by Gasteiger charge is 2.24. The molecule has 1 fully saturated rings. The molecule has 2 aromatic heterocycles. The highest BCUT2D eigenvalue weighted by atomic mass is 28.3. The lowest BCUT2D eigenvalue weighted by Crippen LogP contribution is -2.33. The number of carbonyl (C=O) groups is 2. The fourth-order valence-electron chi connectivity index (χ4n) is 6.24. The summed E-state index contributed by atoms with van der Waals surface area (Å²) in [6.45, 7) is 19.1. The number of piperidine rings is 1. The quantitative estimate of drug-likeness (QED) is 0.0540. The van der Waals surface area contributed by atoms with E-state index in [4.69, 9.17) is 9.47 Å². The Balaban J connectivity index is 1.44. The molecule has 10 nitrogen and oxygen atoms in total. The van der Waals surface area contributed by atoms with Gasteiger partial charge >= 0.3 is 6.09 Å². The zero-order chi connectivity index (χ0) is 40.6. The van der Waals surface area contributed by atoms with Gasteiger partial charge in [-0.1, -0.05) is 38.4 Å². The van der Waals surface area contributed by atoms with Gasteiger partial charge in [-0.25, -0.2) is 22.5 Å². The lowest BCUT2D eigenvalue weighted by atomic mass is 10.0. The van der Waals surface area contributed by atoms with Crippen molar-refractivity contribution < 1.29 is 32.2 Å². The fourth-order valence-corrected chi connectivity index (χ4v) is 7.00. The monoisotopic (exact) mass is 792 g/mol. The third kappa shape index (κ3) is 12.4. The second kappa shape index (κ2) is 18.5. The molecular weight excluding hydrogens is 738 g/mol. The van der Waals surface area contributed by atoms with Crippen molar-refractivity contribution in [3.8, 4) is 0 Å². The maximum Gasteiger partial charge on any atom is 0.419 e. The third-order valence-corrected chi connectivity index (χ3v) is 11.0. The van der Waals surface area contributed by atoms with Gasteiger partial charge in [0.25, 0.3) is 5.91 Å². The first kappa shape index (κ1) is 42.5. The van der Waals surface area contributed by atoms with Gasteiger partial charge < -0.3 is 19.7 Å². The second-order valence-electron chi connectivity index (χ2n) is 16.6. The minimum absolute atomic E-state index is 0.165. The molecule has 1 aliphatic carbocycles. The molecule has 2 atom stereocenters. The Hall–Kier alpha value is -4.66. The van der Waals surface area contributed by atoms with Crippen LogP contribution in [0.2, 0.25) is 25.7 Å². The van der Waals surface area contributed by atoms with Gasteiger partial charge in [0.15, 0.2) is 12.3 Å². The number of fused-ring (bicyclic) bond motifs is 1. The zero-order valence-corrected chi connectivity index (χ0v) is 34.3. The van der Waals surface area contributed by atoms with Crippen LogP contribution in [0, 0.1) is 0 Å². The lowest BCUT2D eigenvalue weighted by molar-refractivity contribution is -0.112. The van der Waals surface area contributed by atoms with E-state index >= 15 is 0 Å². The number of allylic oxidation sites excluding steroid dienone is 4. The van der Waals surface area contributed by atoms with Crippen LogP contribution in [-0.2, 0) is 27.4 Å². The number of amides is 1. The van der Waals surface area contributed by atoms with Crippen molar-refractivity contribution in [1.29, 1.82) is 0 Å². The van der Waals surface area contributed by atoms with Gasteiger partial charge in [0, 0.05) is 52.1 Å². The molecule has 1 N–H and O–H groups in total. The van der Waals surface area contributed by atoms with Crippen LogP contribution in [0.25, 0.3) is 17.0 Å².